The van der Waals surface area contributed by atoms with Crippen LogP contribution in [0, 0.1) is 19.8 Å². The molecule has 1 N–H and O–H groups in total. The van der Waals surface area contributed by atoms with Crippen LogP contribution < -0.4 is 10.2 Å². The van der Waals surface area contributed by atoms with Gasteiger partial charge >= 0.3 is 0 Å². The van der Waals surface area contributed by atoms with Crippen LogP contribution in [0.15, 0.2) is 5.38 Å². The Morgan fingerprint density at radius 3 is 2.72 bits per heavy atom. The molecule has 29 heavy (non-hydrogen) atoms. The van der Waals surface area contributed by atoms with Gasteiger partial charge in [-0.1, -0.05) is 0 Å². The second-order valence-electron chi connectivity index (χ2n) is 8.05. The first-order valence-corrected chi connectivity index (χ1v) is 11.5. The van der Waals surface area contributed by atoms with E-state index in [4.69, 9.17) is 9.72 Å². The molecule has 2 aliphatic rings. The molecule has 0 bridgehead atoms. The number of carbonyl (C=O) groups is 1. The third kappa shape index (κ3) is 4.87. The number of rotatable bonds is 6. The molecule has 7 nitrogen and oxygen atoms in total. The molecule has 0 atom stereocenters. The molecule has 2 fully saturated rings. The minimum atomic E-state index is 0.108. The van der Waals surface area contributed by atoms with E-state index >= 15 is 0 Å². The van der Waals surface area contributed by atoms with Gasteiger partial charge in [0.1, 0.15) is 16.5 Å². The lowest BCUT2D eigenvalue weighted by Gasteiger charge is -2.33. The van der Waals surface area contributed by atoms with Crippen molar-refractivity contribution in [3.05, 3.63) is 16.8 Å². The zero-order valence-electron chi connectivity index (χ0n) is 17.4. The molecule has 0 saturated carbocycles. The molecule has 0 aliphatic carbocycles. The van der Waals surface area contributed by atoms with E-state index in [0.29, 0.717) is 0 Å². The maximum absolute atomic E-state index is 12.6. The molecule has 0 aromatic carbocycles. The maximum atomic E-state index is 12.6. The van der Waals surface area contributed by atoms with Crippen molar-refractivity contribution in [3.63, 3.8) is 0 Å². The SMILES string of the molecule is Cc1nc(N2CCC(C(=O)NCCCN3CCOCC3)CC2)c2c(C)csc2n1. The molecule has 2 aliphatic heterocycles. The first-order valence-electron chi connectivity index (χ1n) is 10.7. The standard InChI is InChI=1S/C21H31N5O2S/c1-15-14-29-21-18(15)19(23-16(2)24-21)26-8-4-17(5-9-26)20(27)22-6-3-7-25-10-12-28-13-11-25/h14,17H,3-13H2,1-2H3,(H,22,27). The number of ether oxygens (including phenoxy) is 1. The highest BCUT2D eigenvalue weighted by Gasteiger charge is 2.27. The quantitative estimate of drug-likeness (QED) is 0.728. The van der Waals surface area contributed by atoms with Crippen molar-refractivity contribution < 1.29 is 9.53 Å². The van der Waals surface area contributed by atoms with E-state index in [1.165, 1.54) is 10.9 Å². The largest absolute Gasteiger partial charge is 0.379 e. The molecule has 8 heteroatoms. The molecule has 4 heterocycles. The number of amides is 1. The predicted molar refractivity (Wildman–Crippen MR) is 117 cm³/mol. The number of carbonyl (C=O) groups excluding carboxylic acids is 1. The smallest absolute Gasteiger partial charge is 0.223 e. The number of aryl methyl sites for hydroxylation is 2. The van der Waals surface area contributed by atoms with Crippen LogP contribution >= 0.6 is 11.3 Å². The zero-order valence-corrected chi connectivity index (χ0v) is 18.3. The first-order chi connectivity index (χ1) is 14.1. The lowest BCUT2D eigenvalue weighted by molar-refractivity contribution is -0.125. The Bertz CT molecular complexity index is 841. The summed E-state index contributed by atoms with van der Waals surface area (Å²) in [5.74, 6) is 2.17. The topological polar surface area (TPSA) is 70.6 Å². The number of nitrogens with one attached hydrogen (secondary N) is 1. The van der Waals surface area contributed by atoms with Crippen molar-refractivity contribution in [2.75, 3.05) is 57.4 Å². The monoisotopic (exact) mass is 417 g/mol. The van der Waals surface area contributed by atoms with Gasteiger partial charge in [-0.05, 0) is 50.6 Å². The molecular formula is C21H31N5O2S. The minimum absolute atomic E-state index is 0.108. The lowest BCUT2D eigenvalue weighted by atomic mass is 9.95. The Kier molecular flexibility index (Phi) is 6.62. The van der Waals surface area contributed by atoms with E-state index in [0.717, 1.165) is 88.2 Å². The van der Waals surface area contributed by atoms with Crippen molar-refractivity contribution in [1.82, 2.24) is 20.2 Å². The Morgan fingerprint density at radius 1 is 1.21 bits per heavy atom. The van der Waals surface area contributed by atoms with Gasteiger partial charge in [0.2, 0.25) is 5.91 Å². The van der Waals surface area contributed by atoms with Crippen LogP contribution in [0.25, 0.3) is 10.2 Å². The summed E-state index contributed by atoms with van der Waals surface area (Å²) < 4.78 is 5.37. The summed E-state index contributed by atoms with van der Waals surface area (Å²) in [7, 11) is 0. The molecule has 2 aromatic rings. The van der Waals surface area contributed by atoms with E-state index in [9.17, 15) is 4.79 Å². The number of hydrogen-bond acceptors (Lipinski definition) is 7. The van der Waals surface area contributed by atoms with Gasteiger partial charge in [-0.2, -0.15) is 0 Å². The van der Waals surface area contributed by atoms with Crippen LogP contribution in [0.2, 0.25) is 0 Å². The number of morpholine rings is 1. The van der Waals surface area contributed by atoms with E-state index in [2.05, 4.69) is 32.4 Å². The van der Waals surface area contributed by atoms with Crippen LogP contribution in [0.5, 0.6) is 0 Å². The van der Waals surface area contributed by atoms with Crippen molar-refractivity contribution >= 4 is 33.3 Å². The van der Waals surface area contributed by atoms with Crippen LogP contribution in [0.4, 0.5) is 5.82 Å². The fraction of sp³-hybridized carbons (Fsp3) is 0.667. The second-order valence-corrected chi connectivity index (χ2v) is 8.91. The number of thiophene rings is 1. The summed E-state index contributed by atoms with van der Waals surface area (Å²) in [6.45, 7) is 11.3. The van der Waals surface area contributed by atoms with Crippen LogP contribution in [-0.2, 0) is 9.53 Å². The molecule has 2 aromatic heterocycles. The minimum Gasteiger partial charge on any atom is -0.379 e. The fourth-order valence-electron chi connectivity index (χ4n) is 4.23. The number of hydrogen-bond donors (Lipinski definition) is 1. The molecule has 0 unspecified atom stereocenters. The average Bonchev–Trinajstić information content (AvgIpc) is 3.12. The van der Waals surface area contributed by atoms with E-state index < -0.39 is 0 Å². The van der Waals surface area contributed by atoms with Gasteiger partial charge in [0.25, 0.3) is 0 Å². The van der Waals surface area contributed by atoms with Gasteiger partial charge in [0.05, 0.1) is 18.6 Å². The van der Waals surface area contributed by atoms with Crippen LogP contribution in [-0.4, -0.2) is 73.3 Å². The number of aromatic nitrogens is 2. The third-order valence-electron chi connectivity index (χ3n) is 5.93. The molecule has 0 spiro atoms. The second kappa shape index (κ2) is 9.36. The summed E-state index contributed by atoms with van der Waals surface area (Å²) in [5.41, 5.74) is 1.24. The predicted octanol–water partition coefficient (Wildman–Crippen LogP) is 2.36. The fourth-order valence-corrected chi connectivity index (χ4v) is 5.19. The summed E-state index contributed by atoms with van der Waals surface area (Å²) in [4.78, 5) is 27.7. The van der Waals surface area contributed by atoms with Crippen molar-refractivity contribution in [3.8, 4) is 0 Å². The summed E-state index contributed by atoms with van der Waals surface area (Å²) >= 11 is 1.68. The Morgan fingerprint density at radius 2 is 1.97 bits per heavy atom. The number of fused-ring (bicyclic) bond motifs is 1. The van der Waals surface area contributed by atoms with Gasteiger partial charge in [0, 0.05) is 38.6 Å². The van der Waals surface area contributed by atoms with Crippen molar-refractivity contribution in [2.24, 2.45) is 5.92 Å². The Hall–Kier alpha value is -1.77. The van der Waals surface area contributed by atoms with Crippen LogP contribution in [0.3, 0.4) is 0 Å². The molecule has 2 saturated heterocycles. The average molecular weight is 418 g/mol. The van der Waals surface area contributed by atoms with Gasteiger partial charge < -0.3 is 15.0 Å². The van der Waals surface area contributed by atoms with Crippen molar-refractivity contribution in [2.45, 2.75) is 33.1 Å². The Balaban J connectivity index is 1.26. The van der Waals surface area contributed by atoms with Gasteiger partial charge in [0.15, 0.2) is 0 Å². The third-order valence-corrected chi connectivity index (χ3v) is 6.92. The lowest BCUT2D eigenvalue weighted by Crippen LogP contribution is -2.42. The van der Waals surface area contributed by atoms with Gasteiger partial charge in [-0.25, -0.2) is 9.97 Å². The highest BCUT2D eigenvalue weighted by molar-refractivity contribution is 7.17. The summed E-state index contributed by atoms with van der Waals surface area (Å²) in [6, 6.07) is 0. The molecule has 4 rings (SSSR count). The zero-order chi connectivity index (χ0) is 20.2. The number of nitrogens with zero attached hydrogens (tertiary/aromatic N) is 4. The summed E-state index contributed by atoms with van der Waals surface area (Å²) in [6.07, 6.45) is 2.76. The van der Waals surface area contributed by atoms with Gasteiger partial charge in [-0.3, -0.25) is 9.69 Å². The van der Waals surface area contributed by atoms with Crippen LogP contribution in [0.1, 0.15) is 30.7 Å². The van der Waals surface area contributed by atoms with Crippen molar-refractivity contribution in [1.29, 1.82) is 0 Å². The normalized spacial score (nSPS) is 19.0. The molecule has 158 valence electrons. The number of anilines is 1. The van der Waals surface area contributed by atoms with E-state index in [1.807, 2.05) is 6.92 Å². The maximum Gasteiger partial charge on any atom is 0.223 e. The molecule has 0 radical (unpaired) electrons. The summed E-state index contributed by atoms with van der Waals surface area (Å²) in [5, 5.41) is 6.48. The van der Waals surface area contributed by atoms with Gasteiger partial charge in [-0.15, -0.1) is 11.3 Å². The van der Waals surface area contributed by atoms with E-state index in [-0.39, 0.29) is 11.8 Å². The highest BCUT2D eigenvalue weighted by atomic mass is 32.1. The molecular weight excluding hydrogens is 386 g/mol. The number of piperidine rings is 1. The molecule has 1 amide bonds. The Labute approximate surface area is 176 Å². The first kappa shape index (κ1) is 20.5. The van der Waals surface area contributed by atoms with E-state index in [1.54, 1.807) is 11.3 Å². The highest BCUT2D eigenvalue weighted by Crippen LogP contribution is 2.33.